The Labute approximate surface area is 475 Å². The highest BCUT2D eigenvalue weighted by molar-refractivity contribution is 8.76. The molecule has 9 rings (SSSR count). The Bertz CT molecular complexity index is 3270. The molecular weight excluding hydrogens is 1060 g/mol. The minimum Gasteiger partial charge on any atom is -0.508 e. The quantitative estimate of drug-likeness (QED) is 0.0686. The van der Waals surface area contributed by atoms with Crippen LogP contribution in [0, 0.1) is 11.7 Å². The first-order valence-electron chi connectivity index (χ1n) is 27.4. The van der Waals surface area contributed by atoms with Crippen LogP contribution in [-0.2, 0) is 29.2 Å². The summed E-state index contributed by atoms with van der Waals surface area (Å²) in [5, 5.41) is 33.2. The van der Waals surface area contributed by atoms with Crippen molar-refractivity contribution in [3.63, 3.8) is 0 Å². The lowest BCUT2D eigenvalue weighted by molar-refractivity contribution is -0.134. The van der Waals surface area contributed by atoms with E-state index in [1.807, 2.05) is 90.8 Å². The van der Waals surface area contributed by atoms with Crippen LogP contribution in [0.1, 0.15) is 92.5 Å². The molecule has 80 heavy (non-hydrogen) atoms. The van der Waals surface area contributed by atoms with E-state index in [4.69, 9.17) is 0 Å². The number of carbonyl (C=O) groups is 3. The smallest absolute Gasteiger partial charge is 0.348 e. The SMILES string of the molecule is CC(=O)N(CCN(C)C)Cn1nc(Cc2ccc(F)c(C(=O)N3CCN(C(=O)C4CC4)CC3)c2)c2ccccc2c1=O.CSSC(C)(C)CCN1CCN(Cc2ccc(-n3c(-c4cc(C(C)C)c(O)cc4O)n[nH]c3=O)cc2)CC1. The summed E-state index contributed by atoms with van der Waals surface area (Å²) in [4.78, 5) is 76.0. The van der Waals surface area contributed by atoms with Crippen molar-refractivity contribution in [1.29, 1.82) is 0 Å². The van der Waals surface area contributed by atoms with Crippen LogP contribution in [-0.4, -0.2) is 179 Å². The van der Waals surface area contributed by atoms with Crippen LogP contribution in [0.15, 0.2) is 88.5 Å². The molecular formula is C59H76FN11O7S2. The Morgan fingerprint density at radius 3 is 2.11 bits per heavy atom. The number of fused-ring (bicyclic) bond motifs is 1. The molecule has 1 saturated carbocycles. The molecule has 428 valence electrons. The number of phenols is 2. The number of nitrogens with zero attached hydrogens (tertiary/aromatic N) is 10. The van der Waals surface area contributed by atoms with E-state index in [0.717, 1.165) is 52.1 Å². The van der Waals surface area contributed by atoms with Crippen LogP contribution >= 0.6 is 21.6 Å². The lowest BCUT2D eigenvalue weighted by Gasteiger charge is -2.36. The summed E-state index contributed by atoms with van der Waals surface area (Å²) < 4.78 is 18.0. The van der Waals surface area contributed by atoms with Crippen molar-refractivity contribution in [3.8, 4) is 28.6 Å². The summed E-state index contributed by atoms with van der Waals surface area (Å²) in [5.41, 5.74) is 3.45. The number of likely N-dealkylation sites (N-methyl/N-ethyl adjacent to an activating group) is 1. The van der Waals surface area contributed by atoms with E-state index >= 15 is 0 Å². The zero-order valence-electron chi connectivity index (χ0n) is 47.3. The zero-order chi connectivity index (χ0) is 57.4. The van der Waals surface area contributed by atoms with Gasteiger partial charge < -0.3 is 34.7 Å². The fourth-order valence-electron chi connectivity index (χ4n) is 10.1. The Morgan fingerprint density at radius 2 is 1.48 bits per heavy atom. The second-order valence-electron chi connectivity index (χ2n) is 22.2. The van der Waals surface area contributed by atoms with E-state index in [9.17, 15) is 38.6 Å². The Hall–Kier alpha value is -6.52. The summed E-state index contributed by atoms with van der Waals surface area (Å²) in [6, 6.07) is 22.5. The van der Waals surface area contributed by atoms with Gasteiger partial charge in [-0.3, -0.25) is 24.1 Å². The molecule has 3 N–H and O–H groups in total. The molecule has 18 nitrogen and oxygen atoms in total. The number of phenolic OH excluding ortho intramolecular Hbond substituents is 2. The van der Waals surface area contributed by atoms with Gasteiger partial charge in [-0.15, -0.1) is 0 Å². The van der Waals surface area contributed by atoms with Crippen LogP contribution in [0.2, 0.25) is 0 Å². The first-order valence-corrected chi connectivity index (χ1v) is 30.0. The minimum atomic E-state index is -0.610. The van der Waals surface area contributed by atoms with E-state index in [-0.39, 0.29) is 65.1 Å². The van der Waals surface area contributed by atoms with E-state index < -0.39 is 11.7 Å². The third-order valence-corrected chi connectivity index (χ3v) is 17.7. The molecule has 4 heterocycles. The van der Waals surface area contributed by atoms with Gasteiger partial charge in [0, 0.05) is 107 Å². The number of H-pyrrole nitrogens is 1. The zero-order valence-corrected chi connectivity index (χ0v) is 48.9. The number of hydrogen-bond acceptors (Lipinski definition) is 14. The molecule has 0 bridgehead atoms. The molecule has 0 unspecified atom stereocenters. The molecule has 1 aliphatic carbocycles. The molecule has 3 fully saturated rings. The predicted molar refractivity (Wildman–Crippen MR) is 315 cm³/mol. The third-order valence-electron chi connectivity index (χ3n) is 15.0. The second-order valence-corrected chi connectivity index (χ2v) is 25.3. The molecule has 3 aliphatic rings. The van der Waals surface area contributed by atoms with E-state index in [1.54, 1.807) is 45.0 Å². The Morgan fingerprint density at radius 1 is 0.825 bits per heavy atom. The fourth-order valence-corrected chi connectivity index (χ4v) is 12.3. The molecule has 0 atom stereocenters. The fraction of sp³-hybridized carbons (Fsp3) is 0.475. The second kappa shape index (κ2) is 26.4. The van der Waals surface area contributed by atoms with Gasteiger partial charge >= 0.3 is 5.69 Å². The molecule has 0 radical (unpaired) electrons. The number of benzene rings is 4. The van der Waals surface area contributed by atoms with E-state index in [2.05, 4.69) is 45.2 Å². The van der Waals surface area contributed by atoms with Gasteiger partial charge in [0.05, 0.1) is 27.9 Å². The number of hydrogen-bond donors (Lipinski definition) is 3. The summed E-state index contributed by atoms with van der Waals surface area (Å²) >= 11 is 0. The van der Waals surface area contributed by atoms with Crippen molar-refractivity contribution >= 4 is 50.1 Å². The van der Waals surface area contributed by atoms with Crippen molar-refractivity contribution < 1.29 is 29.0 Å². The van der Waals surface area contributed by atoms with Crippen LogP contribution in [0.3, 0.4) is 0 Å². The number of amides is 3. The lowest BCUT2D eigenvalue weighted by Crippen LogP contribution is -2.51. The molecule has 4 aromatic carbocycles. The highest BCUT2D eigenvalue weighted by atomic mass is 33.1. The first-order chi connectivity index (χ1) is 38.2. The van der Waals surface area contributed by atoms with Crippen LogP contribution in [0.5, 0.6) is 11.5 Å². The predicted octanol–water partition coefficient (Wildman–Crippen LogP) is 7.25. The van der Waals surface area contributed by atoms with Crippen molar-refractivity contribution in [3.05, 3.63) is 133 Å². The topological polar surface area (TPSA) is 197 Å². The monoisotopic (exact) mass is 1130 g/mol. The number of rotatable bonds is 19. The lowest BCUT2D eigenvalue weighted by atomic mass is 9.98. The number of halogens is 1. The summed E-state index contributed by atoms with van der Waals surface area (Å²) in [7, 11) is 7.63. The van der Waals surface area contributed by atoms with E-state index in [0.29, 0.717) is 88.7 Å². The van der Waals surface area contributed by atoms with Gasteiger partial charge in [-0.05, 0) is 119 Å². The molecule has 2 aliphatic heterocycles. The van der Waals surface area contributed by atoms with Gasteiger partial charge in [-0.2, -0.15) is 10.2 Å². The maximum atomic E-state index is 14.9. The Kier molecular flexibility index (Phi) is 19.7. The average molecular weight is 1130 g/mol. The van der Waals surface area contributed by atoms with Crippen LogP contribution in [0.4, 0.5) is 4.39 Å². The number of aromatic hydroxyl groups is 2. The van der Waals surface area contributed by atoms with Gasteiger partial charge in [-0.25, -0.2) is 23.5 Å². The average Bonchev–Trinajstić information content (AvgIpc) is 4.22. The van der Waals surface area contributed by atoms with Crippen molar-refractivity contribution in [2.45, 2.75) is 84.2 Å². The van der Waals surface area contributed by atoms with Gasteiger partial charge in [0.1, 0.15) is 24.0 Å². The number of carbonyl (C=O) groups excluding carboxylic acids is 3. The van der Waals surface area contributed by atoms with E-state index in [1.165, 1.54) is 40.3 Å². The summed E-state index contributed by atoms with van der Waals surface area (Å²) in [6.07, 6.45) is 5.46. The molecule has 3 amide bonds. The highest BCUT2D eigenvalue weighted by Crippen LogP contribution is 2.38. The van der Waals surface area contributed by atoms with Gasteiger partial charge in [0.2, 0.25) is 11.8 Å². The summed E-state index contributed by atoms with van der Waals surface area (Å²) in [5.74, 6) is -0.666. The van der Waals surface area contributed by atoms with Crippen molar-refractivity contribution in [2.75, 3.05) is 92.3 Å². The molecule has 21 heteroatoms. The first kappa shape index (κ1) is 59.6. The Balaban J connectivity index is 0.000000211. The number of nitrogens with one attached hydrogen (secondary N) is 1. The van der Waals surface area contributed by atoms with Gasteiger partial charge in [0.25, 0.3) is 11.5 Å². The number of aromatic nitrogens is 5. The van der Waals surface area contributed by atoms with Gasteiger partial charge in [0.15, 0.2) is 5.82 Å². The standard InChI is InChI=1S/C31H37FN6O4.C28H39N5O3S2/c1-21(39)37(13-12-34(2)3)20-38-31(42)25-7-5-4-6-24(25)28(33-38)19-22-8-11-27(32)26(18-22)30(41)36-16-14-35(15-17-36)29(40)23-9-10-23;1-19(2)22-16-23(25(35)17-24(22)34)26-29-30-27(36)33(26)21-8-6-20(7-9-21)18-32-14-12-31(13-15-32)11-10-28(3,4)38-37-5/h4-8,11,18,23H,9-10,12-17,19-20H2,1-3H3;6-9,16-17,19,34-35H,10-15,18H2,1-5H3,(H,30,36). The summed E-state index contributed by atoms with van der Waals surface area (Å²) in [6.45, 7) is 19.0. The largest absolute Gasteiger partial charge is 0.508 e. The molecule has 0 spiro atoms. The minimum absolute atomic E-state index is 0.00220. The number of piperazine rings is 2. The van der Waals surface area contributed by atoms with Crippen molar-refractivity contribution in [1.82, 2.24) is 53.9 Å². The normalized spacial score (nSPS) is 15.4. The maximum absolute atomic E-state index is 14.9. The van der Waals surface area contributed by atoms with Crippen molar-refractivity contribution in [2.24, 2.45) is 5.92 Å². The number of aromatic amines is 1. The molecule has 2 saturated heterocycles. The van der Waals surface area contributed by atoms with Gasteiger partial charge in [-0.1, -0.05) is 71.8 Å². The molecule has 6 aromatic rings. The van der Waals surface area contributed by atoms with Crippen LogP contribution in [0.25, 0.3) is 27.8 Å². The molecule has 2 aromatic heterocycles. The van der Waals surface area contributed by atoms with Crippen LogP contribution < -0.4 is 11.2 Å². The maximum Gasteiger partial charge on any atom is 0.348 e. The highest BCUT2D eigenvalue weighted by Gasteiger charge is 2.36. The third kappa shape index (κ3) is 14.9.